The van der Waals surface area contributed by atoms with Crippen LogP contribution in [0.2, 0.25) is 0 Å². The van der Waals surface area contributed by atoms with Crippen LogP contribution in [0.4, 0.5) is 0 Å². The molecule has 20 heavy (non-hydrogen) atoms. The third-order valence-corrected chi connectivity index (χ3v) is 2.75. The molecule has 0 saturated heterocycles. The third-order valence-electron chi connectivity index (χ3n) is 2.75. The van der Waals surface area contributed by atoms with E-state index in [9.17, 15) is 4.79 Å². The number of ether oxygens (including phenoxy) is 3. The molecule has 0 radical (unpaired) electrons. The molecule has 0 aliphatic heterocycles. The Labute approximate surface area is 115 Å². The Balaban J connectivity index is 2.53. The van der Waals surface area contributed by atoms with Crippen molar-refractivity contribution in [2.45, 2.75) is 0 Å². The molecule has 2 rings (SSSR count). The summed E-state index contributed by atoms with van der Waals surface area (Å²) in [6, 6.07) is 3.41. The smallest absolute Gasteiger partial charge is 0.356 e. The van der Waals surface area contributed by atoms with Crippen molar-refractivity contribution in [3.05, 3.63) is 30.4 Å². The largest absolute Gasteiger partial charge is 0.493 e. The zero-order valence-corrected chi connectivity index (χ0v) is 11.3. The summed E-state index contributed by atoms with van der Waals surface area (Å²) in [5, 5.41) is 8.88. The van der Waals surface area contributed by atoms with E-state index < -0.39 is 5.97 Å². The van der Waals surface area contributed by atoms with Crippen molar-refractivity contribution in [3.63, 3.8) is 0 Å². The second-order valence-corrected chi connectivity index (χ2v) is 3.85. The quantitative estimate of drug-likeness (QED) is 0.894. The second-order valence-electron chi connectivity index (χ2n) is 3.85. The van der Waals surface area contributed by atoms with Crippen molar-refractivity contribution >= 4 is 5.97 Å². The van der Waals surface area contributed by atoms with E-state index in [0.29, 0.717) is 22.9 Å². The third kappa shape index (κ3) is 2.37. The summed E-state index contributed by atoms with van der Waals surface area (Å²) in [6.45, 7) is 0. The molecule has 0 fully saturated rings. The molecule has 0 aliphatic carbocycles. The molecule has 0 bridgehead atoms. The summed E-state index contributed by atoms with van der Waals surface area (Å²) in [5.41, 5.74) is 0.609. The summed E-state index contributed by atoms with van der Waals surface area (Å²) in [4.78, 5) is 14.6. The zero-order chi connectivity index (χ0) is 14.7. The lowest BCUT2D eigenvalue weighted by molar-refractivity contribution is 0.0691. The molecule has 2 aromatic rings. The first-order chi connectivity index (χ1) is 9.60. The molecule has 1 aromatic carbocycles. The molecular weight excluding hydrogens is 264 g/mol. The molecule has 0 unspecified atom stereocenters. The topological polar surface area (TPSA) is 82.8 Å². The predicted molar refractivity (Wildman–Crippen MR) is 70.2 cm³/mol. The lowest BCUT2D eigenvalue weighted by Crippen LogP contribution is -1.99. The van der Waals surface area contributed by atoms with Gasteiger partial charge in [-0.05, 0) is 0 Å². The molecule has 0 aliphatic rings. The number of benzene rings is 1. The number of imidazole rings is 1. The minimum atomic E-state index is -1.09. The fraction of sp³-hybridized carbons (Fsp3) is 0.231. The van der Waals surface area contributed by atoms with Crippen LogP contribution >= 0.6 is 0 Å². The van der Waals surface area contributed by atoms with Crippen LogP contribution in [-0.2, 0) is 0 Å². The van der Waals surface area contributed by atoms with Gasteiger partial charge in [0, 0.05) is 18.3 Å². The Morgan fingerprint density at radius 1 is 1.15 bits per heavy atom. The molecule has 0 spiro atoms. The Hall–Kier alpha value is -2.70. The van der Waals surface area contributed by atoms with Gasteiger partial charge in [-0.15, -0.1) is 0 Å². The molecule has 7 heteroatoms. The highest BCUT2D eigenvalue weighted by Crippen LogP contribution is 2.39. The Bertz CT molecular complexity index is 610. The van der Waals surface area contributed by atoms with Crippen molar-refractivity contribution in [3.8, 4) is 22.9 Å². The summed E-state index contributed by atoms with van der Waals surface area (Å²) in [5.74, 6) is 0.341. The second kappa shape index (κ2) is 5.52. The van der Waals surface area contributed by atoms with Gasteiger partial charge in [-0.2, -0.15) is 0 Å². The van der Waals surface area contributed by atoms with E-state index in [-0.39, 0.29) is 5.69 Å². The van der Waals surface area contributed by atoms with Crippen LogP contribution in [0.3, 0.4) is 0 Å². The molecule has 7 nitrogen and oxygen atoms in total. The molecule has 0 saturated carbocycles. The maximum atomic E-state index is 10.8. The summed E-state index contributed by atoms with van der Waals surface area (Å²) in [6.07, 6.45) is 2.81. The average molecular weight is 278 g/mol. The molecule has 1 heterocycles. The Morgan fingerprint density at radius 2 is 1.75 bits per heavy atom. The van der Waals surface area contributed by atoms with Gasteiger partial charge >= 0.3 is 5.97 Å². The highest BCUT2D eigenvalue weighted by Gasteiger charge is 2.15. The summed E-state index contributed by atoms with van der Waals surface area (Å²) >= 11 is 0. The first kappa shape index (κ1) is 13.7. The van der Waals surface area contributed by atoms with Gasteiger partial charge < -0.3 is 23.9 Å². The Kier molecular flexibility index (Phi) is 3.79. The van der Waals surface area contributed by atoms with E-state index in [1.54, 1.807) is 16.7 Å². The van der Waals surface area contributed by atoms with Crippen LogP contribution in [0.15, 0.2) is 24.7 Å². The minimum absolute atomic E-state index is 0.0428. The average Bonchev–Trinajstić information content (AvgIpc) is 2.95. The maximum absolute atomic E-state index is 10.8. The molecule has 1 aromatic heterocycles. The van der Waals surface area contributed by atoms with E-state index >= 15 is 0 Å². The number of nitrogens with zero attached hydrogens (tertiary/aromatic N) is 2. The van der Waals surface area contributed by atoms with E-state index in [2.05, 4.69) is 4.98 Å². The van der Waals surface area contributed by atoms with E-state index in [1.807, 2.05) is 0 Å². The molecule has 0 amide bonds. The van der Waals surface area contributed by atoms with Gasteiger partial charge in [-0.3, -0.25) is 0 Å². The van der Waals surface area contributed by atoms with Crippen molar-refractivity contribution in [2.24, 2.45) is 0 Å². The molecule has 1 N–H and O–H groups in total. The van der Waals surface area contributed by atoms with Crippen LogP contribution in [0.25, 0.3) is 5.69 Å². The number of hydrogen-bond acceptors (Lipinski definition) is 5. The SMILES string of the molecule is COc1cc(-n2cnc(C(=O)O)c2)cc(OC)c1OC. The molecule has 106 valence electrons. The van der Waals surface area contributed by atoms with Crippen LogP contribution in [0.1, 0.15) is 10.5 Å². The van der Waals surface area contributed by atoms with Gasteiger partial charge in [0.2, 0.25) is 5.75 Å². The number of carboxylic acid groups (broad SMARTS) is 1. The van der Waals surface area contributed by atoms with Crippen molar-refractivity contribution in [1.82, 2.24) is 9.55 Å². The van der Waals surface area contributed by atoms with E-state index in [0.717, 1.165) is 0 Å². The number of methoxy groups -OCH3 is 3. The number of hydrogen-bond donors (Lipinski definition) is 1. The number of carboxylic acids is 1. The summed E-state index contributed by atoms with van der Waals surface area (Å²) in [7, 11) is 4.54. The van der Waals surface area contributed by atoms with Gasteiger partial charge in [-0.1, -0.05) is 0 Å². The predicted octanol–water partition coefficient (Wildman–Crippen LogP) is 1.60. The van der Waals surface area contributed by atoms with Gasteiger partial charge in [0.25, 0.3) is 0 Å². The normalized spacial score (nSPS) is 10.2. The molecular formula is C13H14N2O5. The lowest BCUT2D eigenvalue weighted by Gasteiger charge is -2.14. The lowest BCUT2D eigenvalue weighted by atomic mass is 10.2. The maximum Gasteiger partial charge on any atom is 0.356 e. The van der Waals surface area contributed by atoms with Crippen molar-refractivity contribution < 1.29 is 24.1 Å². The Morgan fingerprint density at radius 3 is 2.15 bits per heavy atom. The fourth-order valence-corrected chi connectivity index (χ4v) is 1.79. The first-order valence-electron chi connectivity index (χ1n) is 5.68. The van der Waals surface area contributed by atoms with Gasteiger partial charge in [0.05, 0.1) is 27.0 Å². The zero-order valence-electron chi connectivity index (χ0n) is 11.3. The van der Waals surface area contributed by atoms with Crippen molar-refractivity contribution in [1.29, 1.82) is 0 Å². The van der Waals surface area contributed by atoms with Gasteiger partial charge in [-0.25, -0.2) is 9.78 Å². The van der Waals surface area contributed by atoms with Crippen molar-refractivity contribution in [2.75, 3.05) is 21.3 Å². The van der Waals surface area contributed by atoms with Crippen LogP contribution < -0.4 is 14.2 Å². The van der Waals surface area contributed by atoms with Gasteiger partial charge in [0.1, 0.15) is 6.33 Å². The monoisotopic (exact) mass is 278 g/mol. The summed E-state index contributed by atoms with van der Waals surface area (Å²) < 4.78 is 17.3. The highest BCUT2D eigenvalue weighted by atomic mass is 16.5. The number of rotatable bonds is 5. The molecule has 0 atom stereocenters. The van der Waals surface area contributed by atoms with Crippen LogP contribution in [-0.4, -0.2) is 42.0 Å². The number of aromatic carboxylic acids is 1. The van der Waals surface area contributed by atoms with Gasteiger partial charge in [0.15, 0.2) is 17.2 Å². The van der Waals surface area contributed by atoms with E-state index in [1.165, 1.54) is 33.9 Å². The standard InChI is InChI=1S/C13H14N2O5/c1-18-10-4-8(5-11(19-2)12(10)20-3)15-6-9(13(16)17)14-7-15/h4-7H,1-3H3,(H,16,17). The highest BCUT2D eigenvalue weighted by molar-refractivity contribution is 5.85. The minimum Gasteiger partial charge on any atom is -0.493 e. The number of aromatic nitrogens is 2. The fourth-order valence-electron chi connectivity index (χ4n) is 1.79. The van der Waals surface area contributed by atoms with Crippen LogP contribution in [0, 0.1) is 0 Å². The first-order valence-corrected chi connectivity index (χ1v) is 5.68. The van der Waals surface area contributed by atoms with E-state index in [4.69, 9.17) is 19.3 Å². The van der Waals surface area contributed by atoms with Crippen LogP contribution in [0.5, 0.6) is 17.2 Å². The number of carbonyl (C=O) groups is 1.